The summed E-state index contributed by atoms with van der Waals surface area (Å²) in [5.41, 5.74) is 2.37. The van der Waals surface area contributed by atoms with E-state index in [-0.39, 0.29) is 17.3 Å². The van der Waals surface area contributed by atoms with Crippen molar-refractivity contribution in [3.63, 3.8) is 0 Å². The highest BCUT2D eigenvalue weighted by Gasteiger charge is 2.19. The summed E-state index contributed by atoms with van der Waals surface area (Å²) in [6, 6.07) is 12.1. The van der Waals surface area contributed by atoms with Gasteiger partial charge < -0.3 is 4.74 Å². The second kappa shape index (κ2) is 8.27. The standard InChI is InChI=1S/C20H21FO4S/c1-4-18(20(22)25-5-2)19(14-6-10-16(21)11-7-14)15-8-12-17(13-9-15)26(3,23)24/h6-13H,4-5H2,1-3H3. The number of ether oxygens (including phenoxy) is 1. The number of carbonyl (C=O) groups excluding carboxylic acids is 1. The normalized spacial score (nSPS) is 12.5. The Balaban J connectivity index is 2.67. The van der Waals surface area contributed by atoms with Crippen molar-refractivity contribution in [3.8, 4) is 0 Å². The molecule has 2 aromatic rings. The van der Waals surface area contributed by atoms with Gasteiger partial charge in [0.05, 0.1) is 11.5 Å². The first-order chi connectivity index (χ1) is 12.3. The van der Waals surface area contributed by atoms with Crippen molar-refractivity contribution in [2.45, 2.75) is 25.2 Å². The van der Waals surface area contributed by atoms with E-state index in [1.165, 1.54) is 24.3 Å². The number of benzene rings is 2. The van der Waals surface area contributed by atoms with Crippen molar-refractivity contribution in [3.05, 3.63) is 71.0 Å². The molecule has 6 heteroatoms. The summed E-state index contributed by atoms with van der Waals surface area (Å²) < 4.78 is 41.8. The van der Waals surface area contributed by atoms with E-state index < -0.39 is 15.8 Å². The largest absolute Gasteiger partial charge is 0.463 e. The molecule has 0 amide bonds. The van der Waals surface area contributed by atoms with Crippen molar-refractivity contribution < 1.29 is 22.3 Å². The molecule has 0 N–H and O–H groups in total. The lowest BCUT2D eigenvalue weighted by atomic mass is 9.92. The quantitative estimate of drug-likeness (QED) is 0.565. The number of hydrogen-bond acceptors (Lipinski definition) is 4. The van der Waals surface area contributed by atoms with Gasteiger partial charge >= 0.3 is 5.97 Å². The van der Waals surface area contributed by atoms with Crippen LogP contribution >= 0.6 is 0 Å². The van der Waals surface area contributed by atoms with E-state index in [4.69, 9.17) is 4.74 Å². The SMILES string of the molecule is CCOC(=O)C(CC)=C(c1ccc(F)cc1)c1ccc(S(C)(=O)=O)cc1. The van der Waals surface area contributed by atoms with Gasteiger partial charge in [-0.15, -0.1) is 0 Å². The molecule has 0 fully saturated rings. The molecule has 0 aliphatic heterocycles. The lowest BCUT2D eigenvalue weighted by molar-refractivity contribution is -0.138. The molecule has 0 heterocycles. The third kappa shape index (κ3) is 4.58. The van der Waals surface area contributed by atoms with E-state index in [0.29, 0.717) is 28.7 Å². The molecule has 0 aliphatic carbocycles. The predicted octanol–water partition coefficient (Wildman–Crippen LogP) is 4.00. The van der Waals surface area contributed by atoms with Gasteiger partial charge in [-0.2, -0.15) is 0 Å². The predicted molar refractivity (Wildman–Crippen MR) is 98.9 cm³/mol. The average Bonchev–Trinajstić information content (AvgIpc) is 2.60. The Kier molecular flexibility index (Phi) is 6.32. The van der Waals surface area contributed by atoms with E-state index in [1.54, 1.807) is 31.2 Å². The highest BCUT2D eigenvalue weighted by atomic mass is 32.2. The molecule has 0 saturated heterocycles. The molecule has 0 aliphatic rings. The van der Waals surface area contributed by atoms with Crippen LogP contribution in [0.1, 0.15) is 31.4 Å². The molecule has 0 atom stereocenters. The van der Waals surface area contributed by atoms with E-state index in [9.17, 15) is 17.6 Å². The first-order valence-electron chi connectivity index (χ1n) is 8.24. The van der Waals surface area contributed by atoms with Crippen LogP contribution in [0.25, 0.3) is 5.57 Å². The zero-order chi connectivity index (χ0) is 19.3. The maximum absolute atomic E-state index is 13.3. The van der Waals surface area contributed by atoms with Crippen molar-refractivity contribution >= 4 is 21.4 Å². The molecule has 0 unspecified atom stereocenters. The van der Waals surface area contributed by atoms with Crippen LogP contribution in [0, 0.1) is 5.82 Å². The first-order valence-corrected chi connectivity index (χ1v) is 10.1. The van der Waals surface area contributed by atoms with E-state index in [1.807, 2.05) is 6.92 Å². The fraction of sp³-hybridized carbons (Fsp3) is 0.250. The highest BCUT2D eigenvalue weighted by molar-refractivity contribution is 7.90. The molecule has 26 heavy (non-hydrogen) atoms. The van der Waals surface area contributed by atoms with Gasteiger partial charge in [0, 0.05) is 11.8 Å². The van der Waals surface area contributed by atoms with Gasteiger partial charge in [0.25, 0.3) is 0 Å². The number of sulfone groups is 1. The lowest BCUT2D eigenvalue weighted by Gasteiger charge is -2.15. The summed E-state index contributed by atoms with van der Waals surface area (Å²) in [6.07, 6.45) is 1.55. The van der Waals surface area contributed by atoms with Crippen LogP contribution in [0.5, 0.6) is 0 Å². The molecule has 2 aromatic carbocycles. The Hall–Kier alpha value is -2.47. The minimum absolute atomic E-state index is 0.189. The maximum atomic E-state index is 13.3. The van der Waals surface area contributed by atoms with Crippen LogP contribution in [-0.2, 0) is 19.4 Å². The van der Waals surface area contributed by atoms with Crippen LogP contribution in [0.4, 0.5) is 4.39 Å². The molecule has 2 rings (SSSR count). The van der Waals surface area contributed by atoms with Crippen LogP contribution in [0.3, 0.4) is 0 Å². The van der Waals surface area contributed by atoms with E-state index in [2.05, 4.69) is 0 Å². The molecular formula is C20H21FO4S. The summed E-state index contributed by atoms with van der Waals surface area (Å²) in [4.78, 5) is 12.6. The second-order valence-electron chi connectivity index (χ2n) is 5.73. The van der Waals surface area contributed by atoms with Gasteiger partial charge in [-0.1, -0.05) is 31.2 Å². The fourth-order valence-electron chi connectivity index (χ4n) is 2.64. The lowest BCUT2D eigenvalue weighted by Crippen LogP contribution is -2.10. The summed E-state index contributed by atoms with van der Waals surface area (Å²) in [6.45, 7) is 3.80. The Morgan fingerprint density at radius 2 is 1.46 bits per heavy atom. The zero-order valence-electron chi connectivity index (χ0n) is 15.0. The molecule has 0 bridgehead atoms. The molecule has 0 saturated carbocycles. The van der Waals surface area contributed by atoms with Gasteiger partial charge in [0.15, 0.2) is 9.84 Å². The summed E-state index contributed by atoms with van der Waals surface area (Å²) >= 11 is 0. The van der Waals surface area contributed by atoms with Crippen molar-refractivity contribution in [2.24, 2.45) is 0 Å². The van der Waals surface area contributed by atoms with Gasteiger partial charge in [0.2, 0.25) is 0 Å². The highest BCUT2D eigenvalue weighted by Crippen LogP contribution is 2.30. The topological polar surface area (TPSA) is 60.4 Å². The van der Waals surface area contributed by atoms with Crippen molar-refractivity contribution in [2.75, 3.05) is 12.9 Å². The Morgan fingerprint density at radius 1 is 0.962 bits per heavy atom. The first kappa shape index (κ1) is 19.8. The summed E-state index contributed by atoms with van der Waals surface area (Å²) in [7, 11) is -3.32. The van der Waals surface area contributed by atoms with Crippen LogP contribution in [0.15, 0.2) is 59.0 Å². The zero-order valence-corrected chi connectivity index (χ0v) is 15.8. The Morgan fingerprint density at radius 3 is 1.88 bits per heavy atom. The van der Waals surface area contributed by atoms with Crippen LogP contribution in [-0.4, -0.2) is 27.2 Å². The van der Waals surface area contributed by atoms with Crippen molar-refractivity contribution in [1.82, 2.24) is 0 Å². The van der Waals surface area contributed by atoms with E-state index >= 15 is 0 Å². The van der Waals surface area contributed by atoms with Gasteiger partial charge in [-0.3, -0.25) is 0 Å². The van der Waals surface area contributed by atoms with E-state index in [0.717, 1.165) is 6.26 Å². The summed E-state index contributed by atoms with van der Waals surface area (Å²) in [5, 5.41) is 0. The molecule has 0 aromatic heterocycles. The Bertz CT molecular complexity index is 911. The third-order valence-electron chi connectivity index (χ3n) is 3.88. The number of carbonyl (C=O) groups is 1. The molecule has 138 valence electrons. The monoisotopic (exact) mass is 376 g/mol. The average molecular weight is 376 g/mol. The third-order valence-corrected chi connectivity index (χ3v) is 5.01. The number of rotatable bonds is 6. The second-order valence-corrected chi connectivity index (χ2v) is 7.75. The van der Waals surface area contributed by atoms with Crippen molar-refractivity contribution in [1.29, 1.82) is 0 Å². The number of esters is 1. The smallest absolute Gasteiger partial charge is 0.334 e. The molecular weight excluding hydrogens is 355 g/mol. The maximum Gasteiger partial charge on any atom is 0.334 e. The minimum Gasteiger partial charge on any atom is -0.463 e. The molecule has 0 spiro atoms. The van der Waals surface area contributed by atoms with Gasteiger partial charge in [0.1, 0.15) is 5.82 Å². The minimum atomic E-state index is -3.32. The molecule has 4 nitrogen and oxygen atoms in total. The van der Waals surface area contributed by atoms with Crippen LogP contribution < -0.4 is 0 Å². The Labute approximate surface area is 153 Å². The summed E-state index contributed by atoms with van der Waals surface area (Å²) in [5.74, 6) is -0.823. The van der Waals surface area contributed by atoms with Gasteiger partial charge in [-0.25, -0.2) is 17.6 Å². The fourth-order valence-corrected chi connectivity index (χ4v) is 3.27. The number of hydrogen-bond donors (Lipinski definition) is 0. The van der Waals surface area contributed by atoms with Gasteiger partial charge in [-0.05, 0) is 54.3 Å². The van der Waals surface area contributed by atoms with Crippen LogP contribution in [0.2, 0.25) is 0 Å². The number of halogens is 1. The molecule has 0 radical (unpaired) electrons.